The molecular formula is C18H26BN2O2Y-. The first kappa shape index (κ1) is 20.1. The summed E-state index contributed by atoms with van der Waals surface area (Å²) in [5.74, 6) is 1.87. The van der Waals surface area contributed by atoms with Crippen LogP contribution in [0.25, 0.3) is 0 Å². The molecule has 1 amide bonds. The largest absolute Gasteiger partial charge is 0.437 e. The molecule has 4 nitrogen and oxygen atoms in total. The van der Waals surface area contributed by atoms with Gasteiger partial charge in [0, 0.05) is 45.2 Å². The van der Waals surface area contributed by atoms with E-state index in [1.54, 1.807) is 6.82 Å². The zero-order valence-electron chi connectivity index (χ0n) is 14.7. The molecule has 2 saturated heterocycles. The standard InChI is InChI=1S/C18H26BN2O2.Y/c1-14-8-10-20(11-9-14)18(22)17-13-21(19(2)23)12-16(17)15-6-4-3-5-7-15;/h3-7,16-17,23H,8-13H2,1-2H3;/q-1;. The summed E-state index contributed by atoms with van der Waals surface area (Å²) >= 11 is 0. The van der Waals surface area contributed by atoms with E-state index in [0.717, 1.165) is 32.5 Å². The number of amides is 1. The molecule has 1 aromatic carbocycles. The Labute approximate surface area is 171 Å². The summed E-state index contributed by atoms with van der Waals surface area (Å²) < 4.78 is 0. The fourth-order valence-electron chi connectivity index (χ4n) is 3.77. The Morgan fingerprint density at radius 1 is 1.21 bits per heavy atom. The van der Waals surface area contributed by atoms with Gasteiger partial charge in [-0.1, -0.05) is 30.3 Å². The van der Waals surface area contributed by atoms with E-state index in [4.69, 9.17) is 0 Å². The van der Waals surface area contributed by atoms with Crippen LogP contribution in [0.15, 0.2) is 30.3 Å². The Morgan fingerprint density at radius 3 is 2.42 bits per heavy atom. The van der Waals surface area contributed by atoms with E-state index >= 15 is 0 Å². The van der Waals surface area contributed by atoms with E-state index in [-0.39, 0.29) is 50.5 Å². The van der Waals surface area contributed by atoms with E-state index < -0.39 is 7.05 Å². The van der Waals surface area contributed by atoms with Crippen molar-refractivity contribution >= 4 is 13.0 Å². The zero-order chi connectivity index (χ0) is 16.4. The molecule has 24 heavy (non-hydrogen) atoms. The molecule has 3 rings (SSSR count). The second-order valence-electron chi connectivity index (χ2n) is 6.99. The van der Waals surface area contributed by atoms with Crippen molar-refractivity contribution in [2.45, 2.75) is 32.5 Å². The first-order valence-corrected chi connectivity index (χ1v) is 8.63. The molecule has 0 bridgehead atoms. The predicted molar refractivity (Wildman–Crippen MR) is 92.8 cm³/mol. The normalized spacial score (nSPS) is 25.4. The van der Waals surface area contributed by atoms with Crippen LogP contribution in [0.5, 0.6) is 0 Å². The average molecular weight is 402 g/mol. The number of likely N-dealkylation sites (tertiary alicyclic amines) is 1. The minimum atomic E-state index is -0.504. The van der Waals surface area contributed by atoms with Crippen LogP contribution in [0.1, 0.15) is 31.2 Å². The van der Waals surface area contributed by atoms with Crippen LogP contribution in [-0.4, -0.2) is 53.9 Å². The van der Waals surface area contributed by atoms with Gasteiger partial charge in [0.15, 0.2) is 0 Å². The van der Waals surface area contributed by atoms with Gasteiger partial charge in [-0.05, 0) is 32.0 Å². The van der Waals surface area contributed by atoms with Crippen LogP contribution in [0.3, 0.4) is 0 Å². The molecule has 0 spiro atoms. The second kappa shape index (κ2) is 8.93. The summed E-state index contributed by atoms with van der Waals surface area (Å²) in [6.07, 6.45) is 2.04. The molecule has 0 aliphatic carbocycles. The van der Waals surface area contributed by atoms with Gasteiger partial charge in [-0.2, -0.15) is 19.8 Å². The quantitative estimate of drug-likeness (QED) is 0.622. The van der Waals surface area contributed by atoms with Crippen molar-refractivity contribution in [2.24, 2.45) is 5.92 Å². The third-order valence-corrected chi connectivity index (χ3v) is 5.35. The number of hydrogen-bond acceptors (Lipinski definition) is 3. The van der Waals surface area contributed by atoms with Crippen LogP contribution in [0.2, 0.25) is 6.82 Å². The summed E-state index contributed by atoms with van der Waals surface area (Å²) in [5.41, 5.74) is 1.20. The summed E-state index contributed by atoms with van der Waals surface area (Å²) in [6, 6.07) is 10.3. The predicted octanol–water partition coefficient (Wildman–Crippen LogP) is 2.03. The van der Waals surface area contributed by atoms with Crippen LogP contribution in [-0.2, 0) is 37.5 Å². The molecule has 2 aliphatic rings. The maximum atomic E-state index is 13.1. The van der Waals surface area contributed by atoms with Crippen molar-refractivity contribution in [1.82, 2.24) is 9.71 Å². The second-order valence-corrected chi connectivity index (χ2v) is 6.99. The molecule has 2 heterocycles. The average Bonchev–Trinajstić information content (AvgIpc) is 3.01. The smallest absolute Gasteiger partial charge is 0.376 e. The molecule has 127 valence electrons. The number of carbonyl (C=O) groups is 1. The van der Waals surface area contributed by atoms with Gasteiger partial charge in [0.05, 0.1) is 5.92 Å². The molecule has 1 N–H and O–H groups in total. The first-order chi connectivity index (χ1) is 11.1. The SMILES string of the molecule is CB(O)N1CC(C(=O)N2CC[C-](C)CC2)C(c2ccccc2)C1.[Y]. The minimum Gasteiger partial charge on any atom is -0.437 e. The number of benzene rings is 1. The van der Waals surface area contributed by atoms with E-state index in [2.05, 4.69) is 19.1 Å². The van der Waals surface area contributed by atoms with Gasteiger partial charge in [-0.3, -0.25) is 4.79 Å². The van der Waals surface area contributed by atoms with Gasteiger partial charge >= 0.3 is 7.05 Å². The molecule has 2 fully saturated rings. The molecular weight excluding hydrogens is 376 g/mol. The molecule has 2 unspecified atom stereocenters. The van der Waals surface area contributed by atoms with Crippen molar-refractivity contribution < 1.29 is 42.5 Å². The van der Waals surface area contributed by atoms with Crippen molar-refractivity contribution in [3.05, 3.63) is 41.8 Å². The summed E-state index contributed by atoms with van der Waals surface area (Å²) in [4.78, 5) is 17.1. The van der Waals surface area contributed by atoms with Gasteiger partial charge < -0.3 is 20.7 Å². The maximum absolute atomic E-state index is 13.1. The number of nitrogens with zero attached hydrogens (tertiary/aromatic N) is 2. The maximum Gasteiger partial charge on any atom is 0.376 e. The Bertz CT molecular complexity index is 535. The third kappa shape index (κ3) is 4.49. The fourth-order valence-corrected chi connectivity index (χ4v) is 3.77. The van der Waals surface area contributed by atoms with E-state index in [0.29, 0.717) is 6.54 Å². The molecule has 1 radical (unpaired) electrons. The van der Waals surface area contributed by atoms with Crippen LogP contribution < -0.4 is 0 Å². The number of hydrogen-bond donors (Lipinski definition) is 1. The molecule has 2 atom stereocenters. The summed E-state index contributed by atoms with van der Waals surface area (Å²) in [5, 5.41) is 9.96. The summed E-state index contributed by atoms with van der Waals surface area (Å²) in [6.45, 7) is 7.05. The van der Waals surface area contributed by atoms with Crippen molar-refractivity contribution in [3.8, 4) is 0 Å². The molecule has 0 aromatic heterocycles. The monoisotopic (exact) mass is 402 g/mol. The van der Waals surface area contributed by atoms with Gasteiger partial charge in [0.2, 0.25) is 5.91 Å². The van der Waals surface area contributed by atoms with Gasteiger partial charge in [-0.25, -0.2) is 0 Å². The zero-order valence-corrected chi connectivity index (χ0v) is 17.5. The van der Waals surface area contributed by atoms with E-state index in [1.807, 2.05) is 27.9 Å². The Kier molecular flexibility index (Phi) is 7.48. The van der Waals surface area contributed by atoms with Crippen LogP contribution in [0.4, 0.5) is 0 Å². The molecule has 6 heteroatoms. The number of piperidine rings is 1. The Morgan fingerprint density at radius 2 is 1.83 bits per heavy atom. The minimum absolute atomic E-state index is 0. The Hall–Kier alpha value is -0.221. The van der Waals surface area contributed by atoms with Crippen molar-refractivity contribution in [3.63, 3.8) is 0 Å². The molecule has 1 aromatic rings. The Balaban J connectivity index is 0.00000208. The third-order valence-electron chi connectivity index (χ3n) is 5.35. The number of rotatable bonds is 3. The topological polar surface area (TPSA) is 43.8 Å². The van der Waals surface area contributed by atoms with Crippen LogP contribution in [0, 0.1) is 11.8 Å². The van der Waals surface area contributed by atoms with Gasteiger partial charge in [0.1, 0.15) is 0 Å². The molecule has 2 aliphatic heterocycles. The van der Waals surface area contributed by atoms with Crippen LogP contribution >= 0.6 is 0 Å². The first-order valence-electron chi connectivity index (χ1n) is 8.63. The summed E-state index contributed by atoms with van der Waals surface area (Å²) in [7, 11) is -0.504. The van der Waals surface area contributed by atoms with Crippen molar-refractivity contribution in [2.75, 3.05) is 26.2 Å². The number of carbonyl (C=O) groups excluding carboxylic acids is 1. The van der Waals surface area contributed by atoms with Crippen molar-refractivity contribution in [1.29, 1.82) is 0 Å². The van der Waals surface area contributed by atoms with Gasteiger partial charge in [-0.15, -0.1) is 0 Å². The van der Waals surface area contributed by atoms with Gasteiger partial charge in [0.25, 0.3) is 0 Å². The fraction of sp³-hybridized carbons (Fsp3) is 0.556. The molecule has 0 saturated carbocycles. The van der Waals surface area contributed by atoms with E-state index in [9.17, 15) is 9.82 Å². The van der Waals surface area contributed by atoms with E-state index in [1.165, 1.54) is 11.5 Å².